The molecule has 1 aromatic rings. The Morgan fingerprint density at radius 2 is 2.00 bits per heavy atom. The lowest BCUT2D eigenvalue weighted by Gasteiger charge is -2.36. The maximum Gasteiger partial charge on any atom is 0.150 e. The summed E-state index contributed by atoms with van der Waals surface area (Å²) in [7, 11) is 2.12. The molecule has 2 aliphatic rings. The summed E-state index contributed by atoms with van der Waals surface area (Å²) in [6.07, 6.45) is 4.11. The normalized spacial score (nSPS) is 33.0. The summed E-state index contributed by atoms with van der Waals surface area (Å²) < 4.78 is 0. The molecule has 2 heteroatoms. The van der Waals surface area contributed by atoms with Gasteiger partial charge in [0.25, 0.3) is 0 Å². The molecule has 0 N–H and O–H groups in total. The minimum absolute atomic E-state index is 0.229. The van der Waals surface area contributed by atoms with E-state index in [1.165, 1.54) is 12.0 Å². The molecule has 2 bridgehead atoms. The van der Waals surface area contributed by atoms with E-state index in [4.69, 9.17) is 0 Å². The van der Waals surface area contributed by atoms with Gasteiger partial charge in [0.15, 0.2) is 0 Å². The number of carbonyl (C=O) groups is 1. The second kappa shape index (κ2) is 4.26. The maximum absolute atomic E-state index is 12.0. The van der Waals surface area contributed by atoms with Gasteiger partial charge in [0.1, 0.15) is 5.78 Å². The van der Waals surface area contributed by atoms with Crippen LogP contribution in [0.15, 0.2) is 30.3 Å². The molecule has 0 spiro atoms. The van der Waals surface area contributed by atoms with Gasteiger partial charge in [-0.1, -0.05) is 30.3 Å². The lowest BCUT2D eigenvalue weighted by atomic mass is 9.85. The summed E-state index contributed by atoms with van der Waals surface area (Å²) >= 11 is 0. The van der Waals surface area contributed by atoms with Gasteiger partial charge in [0.2, 0.25) is 0 Å². The highest BCUT2D eigenvalue weighted by molar-refractivity contribution is 5.85. The number of likely N-dealkylation sites (N-methyl/N-ethyl adjacent to an activating group) is 1. The lowest BCUT2D eigenvalue weighted by molar-refractivity contribution is -0.127. The first-order valence-electron chi connectivity index (χ1n) is 6.54. The number of rotatable bonds is 2. The topological polar surface area (TPSA) is 20.3 Å². The van der Waals surface area contributed by atoms with Crippen molar-refractivity contribution in [3.63, 3.8) is 0 Å². The van der Waals surface area contributed by atoms with Crippen molar-refractivity contribution in [1.82, 2.24) is 4.90 Å². The van der Waals surface area contributed by atoms with Crippen LogP contribution in [0.2, 0.25) is 0 Å². The first kappa shape index (κ1) is 11.0. The van der Waals surface area contributed by atoms with Gasteiger partial charge >= 0.3 is 0 Å². The fraction of sp³-hybridized carbons (Fsp3) is 0.533. The predicted molar refractivity (Wildman–Crippen MR) is 67.8 cm³/mol. The van der Waals surface area contributed by atoms with Crippen LogP contribution in [0.1, 0.15) is 24.8 Å². The second-order valence-corrected chi connectivity index (χ2v) is 5.45. The largest absolute Gasteiger partial charge is 0.298 e. The van der Waals surface area contributed by atoms with Crippen molar-refractivity contribution < 1.29 is 4.79 Å². The van der Waals surface area contributed by atoms with Crippen LogP contribution in [0, 0.1) is 5.92 Å². The molecule has 2 heterocycles. The van der Waals surface area contributed by atoms with E-state index in [2.05, 4.69) is 36.2 Å². The molecule has 2 aliphatic heterocycles. The Bertz CT molecular complexity index is 414. The average molecular weight is 229 g/mol. The first-order chi connectivity index (χ1) is 8.25. The van der Waals surface area contributed by atoms with Crippen molar-refractivity contribution in [3.8, 4) is 0 Å². The maximum atomic E-state index is 12.0. The van der Waals surface area contributed by atoms with Crippen molar-refractivity contribution >= 4 is 5.78 Å². The third-order valence-corrected chi connectivity index (χ3v) is 4.47. The fourth-order valence-corrected chi connectivity index (χ4v) is 3.58. The van der Waals surface area contributed by atoms with Crippen LogP contribution in [0.3, 0.4) is 0 Å². The van der Waals surface area contributed by atoms with E-state index < -0.39 is 0 Å². The van der Waals surface area contributed by atoms with E-state index in [-0.39, 0.29) is 6.04 Å². The Kier molecular flexibility index (Phi) is 2.75. The molecule has 0 amide bonds. The highest BCUT2D eigenvalue weighted by Gasteiger charge is 2.44. The van der Waals surface area contributed by atoms with Gasteiger partial charge in [0.05, 0.1) is 6.04 Å². The van der Waals surface area contributed by atoms with Crippen LogP contribution in [0.5, 0.6) is 0 Å². The summed E-state index contributed by atoms with van der Waals surface area (Å²) in [4.78, 5) is 14.3. The summed E-state index contributed by atoms with van der Waals surface area (Å²) in [5.41, 5.74) is 1.36. The molecule has 90 valence electrons. The summed E-state index contributed by atoms with van der Waals surface area (Å²) in [6, 6.07) is 11.4. The molecule has 0 radical (unpaired) electrons. The zero-order valence-electron chi connectivity index (χ0n) is 10.3. The number of nitrogens with zero attached hydrogens (tertiary/aromatic N) is 1. The van der Waals surface area contributed by atoms with Crippen LogP contribution in [-0.4, -0.2) is 29.8 Å². The monoisotopic (exact) mass is 229 g/mol. The molecule has 0 aromatic heterocycles. The van der Waals surface area contributed by atoms with Gasteiger partial charge in [-0.25, -0.2) is 0 Å². The minimum atomic E-state index is 0.229. The highest BCUT2D eigenvalue weighted by Crippen LogP contribution is 2.37. The van der Waals surface area contributed by atoms with Crippen LogP contribution in [0.25, 0.3) is 0 Å². The van der Waals surface area contributed by atoms with Gasteiger partial charge in [-0.2, -0.15) is 0 Å². The zero-order chi connectivity index (χ0) is 11.8. The number of hydrogen-bond donors (Lipinski definition) is 0. The van der Waals surface area contributed by atoms with Crippen LogP contribution in [0.4, 0.5) is 0 Å². The summed E-state index contributed by atoms with van der Waals surface area (Å²) in [5.74, 6) is 0.982. The SMILES string of the molecule is CN1[C@@H]2CC[C@H]1C(Cc1ccccc1)CC2=O. The lowest BCUT2D eigenvalue weighted by Crippen LogP contribution is -2.47. The Hall–Kier alpha value is -1.15. The molecule has 3 atom stereocenters. The van der Waals surface area contributed by atoms with E-state index in [9.17, 15) is 4.79 Å². The molecule has 1 aromatic carbocycles. The number of benzene rings is 1. The van der Waals surface area contributed by atoms with Gasteiger partial charge in [-0.05, 0) is 37.8 Å². The van der Waals surface area contributed by atoms with E-state index in [1.807, 2.05) is 6.07 Å². The minimum Gasteiger partial charge on any atom is -0.298 e. The smallest absolute Gasteiger partial charge is 0.150 e. The number of hydrogen-bond acceptors (Lipinski definition) is 2. The Morgan fingerprint density at radius 1 is 1.24 bits per heavy atom. The standard InChI is InChI=1S/C15H19NO/c1-16-13-7-8-14(16)15(17)10-12(13)9-11-5-3-2-4-6-11/h2-6,12-14H,7-10H2,1H3/t12?,13-,14+/m0/s1. The van der Waals surface area contributed by atoms with E-state index in [0.717, 1.165) is 19.3 Å². The second-order valence-electron chi connectivity index (χ2n) is 5.45. The Labute approximate surface area is 103 Å². The third-order valence-electron chi connectivity index (χ3n) is 4.47. The number of fused-ring (bicyclic) bond motifs is 2. The number of Topliss-reactive ketones (excluding diaryl/α,β-unsaturated/α-hetero) is 1. The molecule has 0 aliphatic carbocycles. The van der Waals surface area contributed by atoms with Crippen LogP contribution < -0.4 is 0 Å². The highest BCUT2D eigenvalue weighted by atomic mass is 16.1. The van der Waals surface area contributed by atoms with Crippen molar-refractivity contribution in [1.29, 1.82) is 0 Å². The van der Waals surface area contributed by atoms with Crippen LogP contribution in [-0.2, 0) is 11.2 Å². The number of piperidine rings is 1. The van der Waals surface area contributed by atoms with E-state index in [0.29, 0.717) is 17.7 Å². The Morgan fingerprint density at radius 3 is 2.76 bits per heavy atom. The summed E-state index contributed by atoms with van der Waals surface area (Å²) in [6.45, 7) is 0. The summed E-state index contributed by atoms with van der Waals surface area (Å²) in [5, 5.41) is 0. The molecule has 2 nitrogen and oxygen atoms in total. The molecule has 2 saturated heterocycles. The van der Waals surface area contributed by atoms with Gasteiger partial charge in [0, 0.05) is 12.5 Å². The first-order valence-corrected chi connectivity index (χ1v) is 6.54. The van der Waals surface area contributed by atoms with Crippen LogP contribution >= 0.6 is 0 Å². The third kappa shape index (κ3) is 1.91. The molecule has 2 fully saturated rings. The molecule has 1 unspecified atom stereocenters. The van der Waals surface area contributed by atoms with Crippen molar-refractivity contribution in [2.75, 3.05) is 7.05 Å². The average Bonchev–Trinajstić information content (AvgIpc) is 2.62. The molecular formula is C15H19NO. The van der Waals surface area contributed by atoms with Crippen molar-refractivity contribution in [3.05, 3.63) is 35.9 Å². The van der Waals surface area contributed by atoms with Gasteiger partial charge < -0.3 is 0 Å². The van der Waals surface area contributed by atoms with Gasteiger partial charge in [-0.3, -0.25) is 9.69 Å². The zero-order valence-corrected chi connectivity index (χ0v) is 10.3. The van der Waals surface area contributed by atoms with E-state index in [1.54, 1.807) is 0 Å². The molecule has 17 heavy (non-hydrogen) atoms. The number of carbonyl (C=O) groups excluding carboxylic acids is 1. The molecular weight excluding hydrogens is 210 g/mol. The number of ketones is 1. The Balaban J connectivity index is 1.78. The van der Waals surface area contributed by atoms with Gasteiger partial charge in [-0.15, -0.1) is 0 Å². The molecule has 3 rings (SSSR count). The van der Waals surface area contributed by atoms with E-state index >= 15 is 0 Å². The van der Waals surface area contributed by atoms with Crippen molar-refractivity contribution in [2.45, 2.75) is 37.8 Å². The van der Waals surface area contributed by atoms with Crippen molar-refractivity contribution in [2.24, 2.45) is 5.92 Å². The molecule has 0 saturated carbocycles. The predicted octanol–water partition coefficient (Wildman–Crippen LogP) is 2.28. The quantitative estimate of drug-likeness (QED) is 0.775. The fourth-order valence-electron chi connectivity index (χ4n) is 3.58.